The first kappa shape index (κ1) is 10.5. The Bertz CT molecular complexity index is 308. The Morgan fingerprint density at radius 1 is 1.73 bits per heavy atom. The molecule has 82 valence electrons. The molecule has 1 unspecified atom stereocenters. The molecule has 1 saturated heterocycles. The minimum atomic E-state index is 0.0421. The zero-order chi connectivity index (χ0) is 10.5. The molecular weight excluding hydrogens is 212 g/mol. The maximum atomic E-state index is 11.6. The van der Waals surface area contributed by atoms with E-state index in [0.29, 0.717) is 17.5 Å². The number of aromatic nitrogens is 2. The number of nitrogens with zero attached hydrogens (tertiary/aromatic N) is 2. The van der Waals surface area contributed by atoms with Crippen LogP contribution >= 0.6 is 11.3 Å². The number of hydrogen-bond donors (Lipinski definition) is 2. The van der Waals surface area contributed by atoms with Gasteiger partial charge in [-0.2, -0.15) is 0 Å². The molecule has 1 amide bonds. The SMILES string of the molecule is O=C(CC1CCCNC1)Nc1nncs1. The summed E-state index contributed by atoms with van der Waals surface area (Å²) in [4.78, 5) is 11.6. The molecule has 5 nitrogen and oxygen atoms in total. The Balaban J connectivity index is 1.76. The van der Waals surface area contributed by atoms with Crippen molar-refractivity contribution in [1.29, 1.82) is 0 Å². The number of amides is 1. The standard InChI is InChI=1S/C9H14N4OS/c14-8(12-9-13-11-6-15-9)4-7-2-1-3-10-5-7/h6-7,10H,1-5H2,(H,12,13,14). The van der Waals surface area contributed by atoms with Gasteiger partial charge in [-0.05, 0) is 31.8 Å². The van der Waals surface area contributed by atoms with E-state index >= 15 is 0 Å². The summed E-state index contributed by atoms with van der Waals surface area (Å²) in [5.41, 5.74) is 1.61. The van der Waals surface area contributed by atoms with E-state index in [1.54, 1.807) is 5.51 Å². The van der Waals surface area contributed by atoms with Crippen molar-refractivity contribution in [3.63, 3.8) is 0 Å². The third-order valence-electron chi connectivity index (χ3n) is 2.48. The highest BCUT2D eigenvalue weighted by molar-refractivity contribution is 7.13. The van der Waals surface area contributed by atoms with E-state index in [1.807, 2.05) is 0 Å². The molecule has 0 aromatic carbocycles. The average molecular weight is 226 g/mol. The fraction of sp³-hybridized carbons (Fsp3) is 0.667. The number of carbonyl (C=O) groups is 1. The van der Waals surface area contributed by atoms with Gasteiger partial charge in [-0.15, -0.1) is 10.2 Å². The van der Waals surface area contributed by atoms with Crippen LogP contribution < -0.4 is 10.6 Å². The van der Waals surface area contributed by atoms with E-state index in [-0.39, 0.29) is 5.91 Å². The van der Waals surface area contributed by atoms with E-state index in [9.17, 15) is 4.79 Å². The van der Waals surface area contributed by atoms with Crippen LogP contribution in [-0.4, -0.2) is 29.2 Å². The summed E-state index contributed by atoms with van der Waals surface area (Å²) < 4.78 is 0. The van der Waals surface area contributed by atoms with Crippen LogP contribution in [0.4, 0.5) is 5.13 Å². The van der Waals surface area contributed by atoms with Crippen molar-refractivity contribution in [2.24, 2.45) is 5.92 Å². The lowest BCUT2D eigenvalue weighted by atomic mass is 9.96. The van der Waals surface area contributed by atoms with Crippen molar-refractivity contribution in [2.75, 3.05) is 18.4 Å². The van der Waals surface area contributed by atoms with Crippen LogP contribution in [0, 0.1) is 5.92 Å². The van der Waals surface area contributed by atoms with E-state index in [2.05, 4.69) is 20.8 Å². The number of anilines is 1. The van der Waals surface area contributed by atoms with Crippen molar-refractivity contribution >= 4 is 22.4 Å². The van der Waals surface area contributed by atoms with Crippen molar-refractivity contribution in [3.05, 3.63) is 5.51 Å². The summed E-state index contributed by atoms with van der Waals surface area (Å²) in [5.74, 6) is 0.507. The van der Waals surface area contributed by atoms with Gasteiger partial charge in [-0.1, -0.05) is 11.3 Å². The van der Waals surface area contributed by atoms with E-state index in [1.165, 1.54) is 11.3 Å². The molecule has 0 saturated carbocycles. The molecule has 2 N–H and O–H groups in total. The molecule has 1 aromatic heterocycles. The molecule has 0 aliphatic carbocycles. The predicted molar refractivity (Wildman–Crippen MR) is 58.7 cm³/mol. The van der Waals surface area contributed by atoms with Crippen molar-refractivity contribution in [3.8, 4) is 0 Å². The smallest absolute Gasteiger partial charge is 0.226 e. The summed E-state index contributed by atoms with van der Waals surface area (Å²) in [6, 6.07) is 0. The predicted octanol–water partition coefficient (Wildman–Crippen LogP) is 0.866. The largest absolute Gasteiger partial charge is 0.316 e. The zero-order valence-corrected chi connectivity index (χ0v) is 9.22. The van der Waals surface area contributed by atoms with Crippen LogP contribution in [0.2, 0.25) is 0 Å². The van der Waals surface area contributed by atoms with Crippen LogP contribution in [-0.2, 0) is 4.79 Å². The minimum Gasteiger partial charge on any atom is -0.316 e. The van der Waals surface area contributed by atoms with Gasteiger partial charge in [0.05, 0.1) is 0 Å². The second kappa shape index (κ2) is 5.18. The summed E-state index contributed by atoms with van der Waals surface area (Å²) in [5, 5.41) is 14.1. The monoisotopic (exact) mass is 226 g/mol. The molecule has 2 heterocycles. The van der Waals surface area contributed by atoms with E-state index in [4.69, 9.17) is 0 Å². The lowest BCUT2D eigenvalue weighted by Crippen LogP contribution is -2.32. The second-order valence-electron chi connectivity index (χ2n) is 3.71. The molecule has 1 aromatic rings. The average Bonchev–Trinajstić information content (AvgIpc) is 2.71. The molecule has 0 radical (unpaired) electrons. The minimum absolute atomic E-state index is 0.0421. The first-order valence-corrected chi connectivity index (χ1v) is 5.99. The van der Waals surface area contributed by atoms with Gasteiger partial charge in [-0.3, -0.25) is 4.79 Å². The van der Waals surface area contributed by atoms with E-state index < -0.39 is 0 Å². The molecule has 1 atom stereocenters. The van der Waals surface area contributed by atoms with Crippen LogP contribution in [0.25, 0.3) is 0 Å². The molecular formula is C9H14N4OS. The highest BCUT2D eigenvalue weighted by atomic mass is 32.1. The van der Waals surface area contributed by atoms with Gasteiger partial charge in [0.1, 0.15) is 5.51 Å². The van der Waals surface area contributed by atoms with Crippen LogP contribution in [0.3, 0.4) is 0 Å². The molecule has 0 spiro atoms. The van der Waals surface area contributed by atoms with E-state index in [0.717, 1.165) is 25.9 Å². The van der Waals surface area contributed by atoms with Gasteiger partial charge >= 0.3 is 0 Å². The van der Waals surface area contributed by atoms with Gasteiger partial charge in [0.25, 0.3) is 0 Å². The Morgan fingerprint density at radius 2 is 2.67 bits per heavy atom. The van der Waals surface area contributed by atoms with Crippen molar-refractivity contribution in [2.45, 2.75) is 19.3 Å². The topological polar surface area (TPSA) is 66.9 Å². The van der Waals surface area contributed by atoms with Gasteiger partial charge in [0.15, 0.2) is 0 Å². The Morgan fingerprint density at radius 3 is 3.33 bits per heavy atom. The van der Waals surface area contributed by atoms with Crippen molar-refractivity contribution in [1.82, 2.24) is 15.5 Å². The van der Waals surface area contributed by atoms with Gasteiger partial charge < -0.3 is 10.6 Å². The number of rotatable bonds is 3. The molecule has 2 rings (SSSR count). The number of piperidine rings is 1. The molecule has 1 aliphatic heterocycles. The second-order valence-corrected chi connectivity index (χ2v) is 4.54. The lowest BCUT2D eigenvalue weighted by molar-refractivity contribution is -0.117. The molecule has 15 heavy (non-hydrogen) atoms. The van der Waals surface area contributed by atoms with Crippen molar-refractivity contribution < 1.29 is 4.79 Å². The van der Waals surface area contributed by atoms with Gasteiger partial charge in [0, 0.05) is 6.42 Å². The number of carbonyl (C=O) groups excluding carboxylic acids is 1. The molecule has 6 heteroatoms. The fourth-order valence-electron chi connectivity index (χ4n) is 1.76. The van der Waals surface area contributed by atoms with Gasteiger partial charge in [0.2, 0.25) is 11.0 Å². The molecule has 0 bridgehead atoms. The summed E-state index contributed by atoms with van der Waals surface area (Å²) >= 11 is 1.34. The lowest BCUT2D eigenvalue weighted by Gasteiger charge is -2.21. The fourth-order valence-corrected chi connectivity index (χ4v) is 2.22. The third-order valence-corrected chi connectivity index (χ3v) is 3.09. The number of nitrogens with one attached hydrogen (secondary N) is 2. The Hall–Kier alpha value is -1.01. The Kier molecular flexibility index (Phi) is 3.63. The third kappa shape index (κ3) is 3.24. The first-order chi connectivity index (χ1) is 7.34. The summed E-state index contributed by atoms with van der Waals surface area (Å²) in [6.45, 7) is 2.03. The molecule has 1 aliphatic rings. The van der Waals surface area contributed by atoms with Crippen LogP contribution in [0.5, 0.6) is 0 Å². The van der Waals surface area contributed by atoms with Crippen LogP contribution in [0.15, 0.2) is 5.51 Å². The summed E-state index contributed by atoms with van der Waals surface area (Å²) in [7, 11) is 0. The van der Waals surface area contributed by atoms with Gasteiger partial charge in [-0.25, -0.2) is 0 Å². The zero-order valence-electron chi connectivity index (χ0n) is 8.40. The number of hydrogen-bond acceptors (Lipinski definition) is 5. The highest BCUT2D eigenvalue weighted by Crippen LogP contribution is 2.15. The Labute approximate surface area is 92.3 Å². The normalized spacial score (nSPS) is 21.2. The maximum Gasteiger partial charge on any atom is 0.226 e. The molecule has 1 fully saturated rings. The quantitative estimate of drug-likeness (QED) is 0.802. The maximum absolute atomic E-state index is 11.6. The first-order valence-electron chi connectivity index (χ1n) is 5.11. The highest BCUT2D eigenvalue weighted by Gasteiger charge is 2.17. The van der Waals surface area contributed by atoms with Crippen LogP contribution in [0.1, 0.15) is 19.3 Å². The summed E-state index contributed by atoms with van der Waals surface area (Å²) in [6.07, 6.45) is 2.87.